The van der Waals surface area contributed by atoms with Crippen molar-refractivity contribution in [3.63, 3.8) is 0 Å². The molecule has 4 heteroatoms. The van der Waals surface area contributed by atoms with Gasteiger partial charge in [0.1, 0.15) is 5.75 Å². The molecule has 90 valence electrons. The van der Waals surface area contributed by atoms with Crippen molar-refractivity contribution in [2.24, 2.45) is 7.05 Å². The fourth-order valence-corrected chi connectivity index (χ4v) is 2.04. The van der Waals surface area contributed by atoms with E-state index >= 15 is 0 Å². The number of nitrogens with zero attached hydrogens (tertiary/aromatic N) is 1. The molecule has 1 aromatic carbocycles. The minimum absolute atomic E-state index is 0.318. The van der Waals surface area contributed by atoms with Crippen molar-refractivity contribution in [3.05, 3.63) is 29.5 Å². The van der Waals surface area contributed by atoms with Gasteiger partial charge in [0.2, 0.25) is 0 Å². The van der Waals surface area contributed by atoms with E-state index in [0.717, 1.165) is 22.3 Å². The standard InChI is InChI=1S/C13H15NO3/c1-8-12(13(15)17-4)10-7-9(16-3)5-6-11(10)14(8)2/h5-7H,1-4H3. The second kappa shape index (κ2) is 4.13. The quantitative estimate of drug-likeness (QED) is 0.747. The van der Waals surface area contributed by atoms with Gasteiger partial charge in [-0.1, -0.05) is 0 Å². The second-order valence-electron chi connectivity index (χ2n) is 3.89. The normalized spacial score (nSPS) is 10.6. The van der Waals surface area contributed by atoms with Gasteiger partial charge in [-0.2, -0.15) is 0 Å². The van der Waals surface area contributed by atoms with Gasteiger partial charge in [0, 0.05) is 23.6 Å². The first-order chi connectivity index (χ1) is 8.10. The predicted octanol–water partition coefficient (Wildman–Crippen LogP) is 2.28. The second-order valence-corrected chi connectivity index (χ2v) is 3.89. The molecule has 0 bridgehead atoms. The fraction of sp³-hybridized carbons (Fsp3) is 0.308. The zero-order valence-corrected chi connectivity index (χ0v) is 10.4. The number of hydrogen-bond acceptors (Lipinski definition) is 3. The number of rotatable bonds is 2. The van der Waals surface area contributed by atoms with Gasteiger partial charge in [0.05, 0.1) is 19.8 Å². The summed E-state index contributed by atoms with van der Waals surface area (Å²) in [6.45, 7) is 1.90. The van der Waals surface area contributed by atoms with Crippen molar-refractivity contribution < 1.29 is 14.3 Å². The number of esters is 1. The molecule has 1 aromatic heterocycles. The molecule has 17 heavy (non-hydrogen) atoms. The maximum absolute atomic E-state index is 11.8. The molecule has 0 amide bonds. The molecule has 0 radical (unpaired) electrons. The van der Waals surface area contributed by atoms with Gasteiger partial charge < -0.3 is 14.0 Å². The number of ether oxygens (including phenoxy) is 2. The lowest BCUT2D eigenvalue weighted by Crippen LogP contribution is -2.03. The molecule has 2 aromatic rings. The predicted molar refractivity (Wildman–Crippen MR) is 65.5 cm³/mol. The molecule has 0 aliphatic carbocycles. The zero-order valence-electron chi connectivity index (χ0n) is 10.4. The summed E-state index contributed by atoms with van der Waals surface area (Å²) in [6.07, 6.45) is 0. The van der Waals surface area contributed by atoms with Crippen LogP contribution in [0.15, 0.2) is 18.2 Å². The smallest absolute Gasteiger partial charge is 0.340 e. The molecule has 0 saturated heterocycles. The maximum atomic E-state index is 11.8. The topological polar surface area (TPSA) is 40.5 Å². The van der Waals surface area contributed by atoms with E-state index in [0.29, 0.717) is 5.56 Å². The minimum atomic E-state index is -0.318. The van der Waals surface area contributed by atoms with E-state index in [-0.39, 0.29) is 5.97 Å². The van der Waals surface area contributed by atoms with E-state index < -0.39 is 0 Å². The first-order valence-corrected chi connectivity index (χ1v) is 5.31. The van der Waals surface area contributed by atoms with Gasteiger partial charge >= 0.3 is 5.97 Å². The first kappa shape index (κ1) is 11.5. The van der Waals surface area contributed by atoms with Crippen molar-refractivity contribution in [3.8, 4) is 5.75 Å². The van der Waals surface area contributed by atoms with Crippen molar-refractivity contribution >= 4 is 16.9 Å². The number of aromatic nitrogens is 1. The van der Waals surface area contributed by atoms with Crippen LogP contribution in [0, 0.1) is 6.92 Å². The third-order valence-electron chi connectivity index (χ3n) is 3.09. The SMILES string of the molecule is COC(=O)c1c(C)n(C)c2ccc(OC)cc12. The van der Waals surface area contributed by atoms with E-state index in [4.69, 9.17) is 9.47 Å². The summed E-state index contributed by atoms with van der Waals surface area (Å²) in [7, 11) is 4.92. The molecular weight excluding hydrogens is 218 g/mol. The molecule has 0 fully saturated rings. The van der Waals surface area contributed by atoms with Crippen LogP contribution in [0.4, 0.5) is 0 Å². The lowest BCUT2D eigenvalue weighted by Gasteiger charge is -2.01. The first-order valence-electron chi connectivity index (χ1n) is 5.31. The molecule has 4 nitrogen and oxygen atoms in total. The highest BCUT2D eigenvalue weighted by Crippen LogP contribution is 2.28. The van der Waals surface area contributed by atoms with E-state index in [2.05, 4.69) is 0 Å². The molecular formula is C13H15NO3. The van der Waals surface area contributed by atoms with Gasteiger partial charge in [-0.25, -0.2) is 4.79 Å². The molecule has 0 saturated carbocycles. The Kier molecular flexibility index (Phi) is 2.79. The summed E-state index contributed by atoms with van der Waals surface area (Å²) >= 11 is 0. The number of methoxy groups -OCH3 is 2. The van der Waals surface area contributed by atoms with Crippen molar-refractivity contribution in [2.75, 3.05) is 14.2 Å². The molecule has 0 N–H and O–H groups in total. The fourth-order valence-electron chi connectivity index (χ4n) is 2.04. The van der Waals surface area contributed by atoms with Gasteiger partial charge in [-0.3, -0.25) is 0 Å². The molecule has 1 heterocycles. The Morgan fingerprint density at radius 3 is 2.59 bits per heavy atom. The number of benzene rings is 1. The van der Waals surface area contributed by atoms with Gasteiger partial charge in [0.15, 0.2) is 0 Å². The molecule has 0 aliphatic heterocycles. The zero-order chi connectivity index (χ0) is 12.6. The van der Waals surface area contributed by atoms with Crippen LogP contribution in [-0.2, 0) is 11.8 Å². The molecule has 0 atom stereocenters. The van der Waals surface area contributed by atoms with Gasteiger partial charge in [-0.05, 0) is 25.1 Å². The summed E-state index contributed by atoms with van der Waals surface area (Å²) in [6, 6.07) is 5.67. The van der Waals surface area contributed by atoms with Crippen LogP contribution in [0.1, 0.15) is 16.1 Å². The summed E-state index contributed by atoms with van der Waals surface area (Å²) in [5.41, 5.74) is 2.48. The third kappa shape index (κ3) is 1.65. The number of carbonyl (C=O) groups excluding carboxylic acids is 1. The third-order valence-corrected chi connectivity index (χ3v) is 3.09. The van der Waals surface area contributed by atoms with Gasteiger partial charge in [-0.15, -0.1) is 0 Å². The Bertz CT molecular complexity index is 584. The van der Waals surface area contributed by atoms with E-state index in [1.807, 2.05) is 36.7 Å². The number of hydrogen-bond donors (Lipinski definition) is 0. The van der Waals surface area contributed by atoms with Crippen LogP contribution in [0.25, 0.3) is 10.9 Å². The number of carbonyl (C=O) groups is 1. The van der Waals surface area contributed by atoms with E-state index in [1.54, 1.807) is 7.11 Å². The average Bonchev–Trinajstić information content (AvgIpc) is 2.60. The molecule has 2 rings (SSSR count). The van der Waals surface area contributed by atoms with Crippen molar-refractivity contribution in [2.45, 2.75) is 6.92 Å². The average molecular weight is 233 g/mol. The summed E-state index contributed by atoms with van der Waals surface area (Å²) in [4.78, 5) is 11.8. The van der Waals surface area contributed by atoms with Crippen LogP contribution in [0.5, 0.6) is 5.75 Å². The highest BCUT2D eigenvalue weighted by Gasteiger charge is 2.19. The molecule has 0 spiro atoms. The summed E-state index contributed by atoms with van der Waals surface area (Å²) in [5.74, 6) is 0.412. The molecule has 0 unspecified atom stereocenters. The van der Waals surface area contributed by atoms with Crippen LogP contribution >= 0.6 is 0 Å². The lowest BCUT2D eigenvalue weighted by molar-refractivity contribution is 0.0602. The van der Waals surface area contributed by atoms with Gasteiger partial charge in [0.25, 0.3) is 0 Å². The van der Waals surface area contributed by atoms with Crippen LogP contribution < -0.4 is 4.74 Å². The summed E-state index contributed by atoms with van der Waals surface area (Å²) < 4.78 is 12.0. The van der Waals surface area contributed by atoms with E-state index in [9.17, 15) is 4.79 Å². The van der Waals surface area contributed by atoms with Crippen LogP contribution in [0.3, 0.4) is 0 Å². The molecule has 0 aliphatic rings. The Balaban J connectivity index is 2.80. The van der Waals surface area contributed by atoms with Crippen molar-refractivity contribution in [1.29, 1.82) is 0 Å². The number of aryl methyl sites for hydroxylation is 1. The van der Waals surface area contributed by atoms with Crippen LogP contribution in [0.2, 0.25) is 0 Å². The number of fused-ring (bicyclic) bond motifs is 1. The van der Waals surface area contributed by atoms with Crippen LogP contribution in [-0.4, -0.2) is 24.8 Å². The monoisotopic (exact) mass is 233 g/mol. The Labute approximate surface area is 99.7 Å². The maximum Gasteiger partial charge on any atom is 0.340 e. The van der Waals surface area contributed by atoms with Crippen molar-refractivity contribution in [1.82, 2.24) is 4.57 Å². The largest absolute Gasteiger partial charge is 0.497 e. The Hall–Kier alpha value is -1.97. The summed E-state index contributed by atoms with van der Waals surface area (Å²) in [5, 5.41) is 0.858. The van der Waals surface area contributed by atoms with E-state index in [1.165, 1.54) is 7.11 Å². The highest BCUT2D eigenvalue weighted by molar-refractivity contribution is 6.06. The Morgan fingerprint density at radius 1 is 1.29 bits per heavy atom. The highest BCUT2D eigenvalue weighted by atomic mass is 16.5. The minimum Gasteiger partial charge on any atom is -0.497 e. The Morgan fingerprint density at radius 2 is 2.00 bits per heavy atom. The lowest BCUT2D eigenvalue weighted by atomic mass is 10.1.